The fraction of sp³-hybridized carbons (Fsp3) is 0.214. The van der Waals surface area contributed by atoms with E-state index in [4.69, 9.17) is 14.0 Å². The van der Waals surface area contributed by atoms with Gasteiger partial charge >= 0.3 is 0 Å². The smallest absolute Gasteiger partial charge is 0.235 e. The lowest BCUT2D eigenvalue weighted by molar-refractivity contribution is -0.125. The summed E-state index contributed by atoms with van der Waals surface area (Å²) >= 11 is 0. The molecular weight excluding hydrogens is 428 g/mol. The van der Waals surface area contributed by atoms with Gasteiger partial charge in [-0.05, 0) is 48.2 Å². The molecule has 1 aliphatic rings. The molecule has 1 aliphatic carbocycles. The molecule has 0 spiro atoms. The van der Waals surface area contributed by atoms with Crippen LogP contribution in [0.15, 0.2) is 89.5 Å². The van der Waals surface area contributed by atoms with Crippen molar-refractivity contribution in [2.24, 2.45) is 0 Å². The minimum absolute atomic E-state index is 0.0982. The van der Waals surface area contributed by atoms with E-state index in [0.29, 0.717) is 30.9 Å². The molecule has 1 heterocycles. The quantitative estimate of drug-likeness (QED) is 0.346. The molecule has 172 valence electrons. The van der Waals surface area contributed by atoms with Crippen molar-refractivity contribution < 1.29 is 18.8 Å². The van der Waals surface area contributed by atoms with Crippen molar-refractivity contribution in [3.63, 3.8) is 0 Å². The molecule has 0 atom stereocenters. The van der Waals surface area contributed by atoms with Crippen molar-refractivity contribution in [1.82, 2.24) is 10.5 Å². The number of hydrogen-bond donors (Lipinski definition) is 1. The summed E-state index contributed by atoms with van der Waals surface area (Å²) in [4.78, 5) is 13.0. The first-order chi connectivity index (χ1) is 16.7. The standard InChI is InChI=1S/C28H26N2O4/c1-32-19-29-27(31)28(16-17-28)26-24(21-10-6-3-7-11-21)25(30-34-26)22-12-14-23(15-13-22)33-18-20-8-4-2-5-9-20/h2-15H,16-19H2,1H3,(H,29,31). The number of carbonyl (C=O) groups excluding carboxylic acids is 1. The van der Waals surface area contributed by atoms with E-state index in [0.717, 1.165) is 28.0 Å². The molecule has 6 nitrogen and oxygen atoms in total. The molecule has 5 rings (SSSR count). The zero-order chi connectivity index (χ0) is 23.4. The average molecular weight is 455 g/mol. The lowest BCUT2D eigenvalue weighted by atomic mass is 9.91. The van der Waals surface area contributed by atoms with E-state index in [2.05, 4.69) is 10.5 Å². The summed E-state index contributed by atoms with van der Waals surface area (Å²) < 4.78 is 16.8. The van der Waals surface area contributed by atoms with Crippen LogP contribution in [-0.4, -0.2) is 24.9 Å². The molecular formula is C28H26N2O4. The zero-order valence-corrected chi connectivity index (χ0v) is 19.0. The summed E-state index contributed by atoms with van der Waals surface area (Å²) in [5, 5.41) is 7.26. The van der Waals surface area contributed by atoms with Gasteiger partial charge in [0.1, 0.15) is 30.2 Å². The molecule has 4 aromatic rings. The van der Waals surface area contributed by atoms with Crippen LogP contribution < -0.4 is 10.1 Å². The van der Waals surface area contributed by atoms with Gasteiger partial charge in [0.2, 0.25) is 5.91 Å². The molecule has 1 amide bonds. The van der Waals surface area contributed by atoms with Crippen molar-refractivity contribution in [2.45, 2.75) is 24.9 Å². The Bertz CT molecular complexity index is 1250. The normalized spacial score (nSPS) is 13.9. The van der Waals surface area contributed by atoms with E-state index < -0.39 is 5.41 Å². The molecule has 1 N–H and O–H groups in total. The summed E-state index contributed by atoms with van der Waals surface area (Å²) in [5.74, 6) is 1.28. The summed E-state index contributed by atoms with van der Waals surface area (Å²) in [6.45, 7) is 0.662. The highest BCUT2D eigenvalue weighted by molar-refractivity contribution is 5.95. The van der Waals surface area contributed by atoms with Crippen molar-refractivity contribution in [3.05, 3.63) is 96.3 Å². The SMILES string of the molecule is COCNC(=O)C1(c2onc(-c3ccc(OCc4ccccc4)cc3)c2-c2ccccc2)CC1. The number of amides is 1. The van der Waals surface area contributed by atoms with Crippen LogP contribution in [-0.2, 0) is 21.6 Å². The highest BCUT2D eigenvalue weighted by Gasteiger charge is 2.56. The van der Waals surface area contributed by atoms with Crippen LogP contribution in [0.5, 0.6) is 5.75 Å². The van der Waals surface area contributed by atoms with Crippen molar-refractivity contribution in [1.29, 1.82) is 0 Å². The topological polar surface area (TPSA) is 73.6 Å². The van der Waals surface area contributed by atoms with Gasteiger partial charge in [-0.15, -0.1) is 0 Å². The van der Waals surface area contributed by atoms with Crippen LogP contribution in [0.1, 0.15) is 24.2 Å². The van der Waals surface area contributed by atoms with Crippen molar-refractivity contribution in [2.75, 3.05) is 13.8 Å². The zero-order valence-electron chi connectivity index (χ0n) is 19.0. The third-order valence-corrected chi connectivity index (χ3v) is 6.13. The van der Waals surface area contributed by atoms with E-state index in [-0.39, 0.29) is 12.6 Å². The molecule has 6 heteroatoms. The molecule has 3 aromatic carbocycles. The minimum atomic E-state index is -0.715. The molecule has 34 heavy (non-hydrogen) atoms. The summed E-state index contributed by atoms with van der Waals surface area (Å²) in [5.41, 5.74) is 3.82. The predicted molar refractivity (Wildman–Crippen MR) is 129 cm³/mol. The van der Waals surface area contributed by atoms with Gasteiger partial charge in [-0.1, -0.05) is 65.8 Å². The summed E-state index contributed by atoms with van der Waals surface area (Å²) in [7, 11) is 1.55. The second-order valence-corrected chi connectivity index (χ2v) is 8.42. The van der Waals surface area contributed by atoms with Crippen LogP contribution in [0.25, 0.3) is 22.4 Å². The number of benzene rings is 3. The minimum Gasteiger partial charge on any atom is -0.489 e. The highest BCUT2D eigenvalue weighted by atomic mass is 16.5. The molecule has 0 saturated heterocycles. The Morgan fingerprint density at radius 2 is 1.62 bits per heavy atom. The van der Waals surface area contributed by atoms with E-state index in [9.17, 15) is 4.79 Å². The Morgan fingerprint density at radius 3 is 2.26 bits per heavy atom. The maximum atomic E-state index is 13.0. The number of carbonyl (C=O) groups is 1. The molecule has 1 fully saturated rings. The van der Waals surface area contributed by atoms with Crippen LogP contribution in [0, 0.1) is 0 Å². The third kappa shape index (κ3) is 4.32. The highest BCUT2D eigenvalue weighted by Crippen LogP contribution is 2.53. The Morgan fingerprint density at radius 1 is 0.941 bits per heavy atom. The fourth-order valence-electron chi connectivity index (χ4n) is 4.13. The van der Waals surface area contributed by atoms with Gasteiger partial charge in [0.15, 0.2) is 5.76 Å². The summed E-state index contributed by atoms with van der Waals surface area (Å²) in [6, 6.07) is 27.8. The first-order valence-electron chi connectivity index (χ1n) is 11.3. The predicted octanol–water partition coefficient (Wildman–Crippen LogP) is 5.34. The van der Waals surface area contributed by atoms with Crippen molar-refractivity contribution in [3.8, 4) is 28.1 Å². The Balaban J connectivity index is 1.46. The lowest BCUT2D eigenvalue weighted by Gasteiger charge is -2.14. The van der Waals surface area contributed by atoms with E-state index in [1.165, 1.54) is 0 Å². The first kappa shape index (κ1) is 21.9. The Hall–Kier alpha value is -3.90. The van der Waals surface area contributed by atoms with Crippen molar-refractivity contribution >= 4 is 5.91 Å². The first-order valence-corrected chi connectivity index (χ1v) is 11.3. The van der Waals surface area contributed by atoms with E-state index in [1.807, 2.05) is 84.9 Å². The molecule has 0 aliphatic heterocycles. The van der Waals surface area contributed by atoms with E-state index in [1.54, 1.807) is 7.11 Å². The Kier molecular flexibility index (Phi) is 6.14. The van der Waals surface area contributed by atoms with E-state index >= 15 is 0 Å². The second-order valence-electron chi connectivity index (χ2n) is 8.42. The van der Waals surface area contributed by atoms with Crippen LogP contribution in [0.2, 0.25) is 0 Å². The lowest BCUT2D eigenvalue weighted by Crippen LogP contribution is -2.35. The number of rotatable bonds is 9. The molecule has 0 unspecified atom stereocenters. The maximum absolute atomic E-state index is 13.0. The number of aromatic nitrogens is 1. The molecule has 1 saturated carbocycles. The molecule has 0 radical (unpaired) electrons. The second kappa shape index (κ2) is 9.53. The van der Waals surface area contributed by atoms with Crippen LogP contribution in [0.4, 0.5) is 0 Å². The van der Waals surface area contributed by atoms with Gasteiger partial charge < -0.3 is 19.3 Å². The number of methoxy groups -OCH3 is 1. The van der Waals surface area contributed by atoms with Gasteiger partial charge in [0.25, 0.3) is 0 Å². The van der Waals surface area contributed by atoms with Crippen LogP contribution in [0.3, 0.4) is 0 Å². The number of ether oxygens (including phenoxy) is 2. The maximum Gasteiger partial charge on any atom is 0.235 e. The van der Waals surface area contributed by atoms with Gasteiger partial charge in [0, 0.05) is 12.7 Å². The molecule has 1 aromatic heterocycles. The molecule has 0 bridgehead atoms. The number of nitrogens with zero attached hydrogens (tertiary/aromatic N) is 1. The fourth-order valence-corrected chi connectivity index (χ4v) is 4.13. The monoisotopic (exact) mass is 454 g/mol. The van der Waals surface area contributed by atoms with Gasteiger partial charge in [-0.3, -0.25) is 4.79 Å². The van der Waals surface area contributed by atoms with Crippen LogP contribution >= 0.6 is 0 Å². The Labute approximate surface area is 198 Å². The van der Waals surface area contributed by atoms with Gasteiger partial charge in [-0.25, -0.2) is 0 Å². The summed E-state index contributed by atoms with van der Waals surface area (Å²) in [6.07, 6.45) is 1.42. The largest absolute Gasteiger partial charge is 0.489 e. The third-order valence-electron chi connectivity index (χ3n) is 6.13. The van der Waals surface area contributed by atoms with Gasteiger partial charge in [-0.2, -0.15) is 0 Å². The van der Waals surface area contributed by atoms with Gasteiger partial charge in [0.05, 0.1) is 5.56 Å². The average Bonchev–Trinajstić information content (AvgIpc) is 3.59. The number of hydrogen-bond acceptors (Lipinski definition) is 5. The number of nitrogens with one attached hydrogen (secondary N) is 1.